The largest absolute Gasteiger partial charge is 0.497 e. The Morgan fingerprint density at radius 3 is 1.14 bits per heavy atom. The van der Waals surface area contributed by atoms with E-state index in [1.54, 1.807) is 24.3 Å². The first-order valence-electron chi connectivity index (χ1n) is 38.5. The first-order chi connectivity index (χ1) is 58.3. The van der Waals surface area contributed by atoms with Crippen LogP contribution in [0.15, 0.2) is 148 Å². The minimum atomic E-state index is -4.80. The molecule has 3 aliphatic carbocycles. The summed E-state index contributed by atoms with van der Waals surface area (Å²) in [6.45, 7) is -1.48. The molecular weight excluding hydrogens is 1810 g/mol. The molecule has 7 aromatic carbocycles. The number of carboxylic acids is 1. The molecule has 24 nitrogen and oxygen atoms in total. The molecule has 676 valence electrons. The van der Waals surface area contributed by atoms with Gasteiger partial charge in [-0.25, -0.2) is 86.3 Å². The molecule has 45 heteroatoms. The Morgan fingerprint density at radius 2 is 0.816 bits per heavy atom. The lowest BCUT2D eigenvalue weighted by Crippen LogP contribution is -2.64. The summed E-state index contributed by atoms with van der Waals surface area (Å²) in [5.74, 6) is -16.0. The van der Waals surface area contributed by atoms with Gasteiger partial charge in [0.1, 0.15) is 43.7 Å². The number of nitrogens with two attached hydrogens (primary N) is 1. The number of aliphatic carboxylic acids is 1. The third kappa shape index (κ3) is 15.7. The van der Waals surface area contributed by atoms with Crippen molar-refractivity contribution in [2.24, 2.45) is 41.2 Å². The zero-order valence-electron chi connectivity index (χ0n) is 64.9. The molecule has 6 fully saturated rings. The van der Waals surface area contributed by atoms with E-state index in [-0.39, 0.29) is 57.9 Å². The summed E-state index contributed by atoms with van der Waals surface area (Å²) in [5, 5.41) is 5.26. The van der Waals surface area contributed by atoms with Gasteiger partial charge < -0.3 is 34.6 Å². The second kappa shape index (κ2) is 32.9. The van der Waals surface area contributed by atoms with Crippen molar-refractivity contribution in [3.63, 3.8) is 0 Å². The first-order valence-corrected chi connectivity index (χ1v) is 47.6. The molecule has 1 amide bonds. The first kappa shape index (κ1) is 92.1. The van der Waals surface area contributed by atoms with Gasteiger partial charge >= 0.3 is 24.5 Å². The summed E-state index contributed by atoms with van der Waals surface area (Å²) in [6, 6.07) is 16.9. The molecule has 7 aromatic rings. The Balaban J connectivity index is 0.000000153. The van der Waals surface area contributed by atoms with Crippen LogP contribution in [0, 0.1) is 70.4 Å². The SMILES string of the molecule is COc1ccc(CN2[C@@H]3CC[C@@]4(S(=O)(=O)c5ccc(C(F)(F)F)cc5)c5c(F)ccc(F)c5OC[C@H]4[C@@H]3C[C@@H](CC=O)S2(=O)=O)cc1.NC(=O)C[C@@H]1C[C@@H]2[C@@H](CC[C@@]3(S(=O)(=O)c4ccc(C(F)(F)F)cc4)c4c(F)ccc(F)c4OC[C@@H]23)NS1(=O)=O.O=C(O)C[C@@H]1C[C@@H]2[C@@H](CC[C@@]3(S(=O)(=O)c4ccc(C(F)(F)F)cc4)c4c(F)ccc(F)c4OC[C@@H]23)NS1(=O)=O. The molecule has 3 saturated carbocycles. The minimum absolute atomic E-state index is 0.111. The van der Waals surface area contributed by atoms with E-state index in [2.05, 4.69) is 9.44 Å². The molecule has 5 N–H and O–H groups in total. The lowest BCUT2D eigenvalue weighted by molar-refractivity contribution is -0.138. The van der Waals surface area contributed by atoms with Crippen molar-refractivity contribution in [2.45, 2.75) is 165 Å². The van der Waals surface area contributed by atoms with Crippen molar-refractivity contribution in [3.05, 3.63) is 207 Å². The summed E-state index contributed by atoms with van der Waals surface area (Å²) < 4.78 is 398. The number of fused-ring (bicyclic) bond motifs is 15. The van der Waals surface area contributed by atoms with Gasteiger partial charge in [0, 0.05) is 55.3 Å². The number of sulfone groups is 3. The van der Waals surface area contributed by atoms with Crippen molar-refractivity contribution in [3.8, 4) is 23.0 Å². The number of sulfonamides is 3. The molecule has 3 saturated heterocycles. The van der Waals surface area contributed by atoms with Crippen LogP contribution in [0.25, 0.3) is 0 Å². The fourth-order valence-corrected chi connectivity index (χ4v) is 33.1. The van der Waals surface area contributed by atoms with Crippen molar-refractivity contribution < 1.29 is 155 Å². The quantitative estimate of drug-likeness (QED) is 0.0547. The number of primary amides is 1. The maximum Gasteiger partial charge on any atom is 0.416 e. The summed E-state index contributed by atoms with van der Waals surface area (Å²) in [6.07, 6.45) is -17.7. The molecule has 16 rings (SSSR count). The Bertz CT molecular complexity index is 5930. The number of hydrogen-bond donors (Lipinski definition) is 4. The second-order valence-electron chi connectivity index (χ2n) is 32.1. The van der Waals surface area contributed by atoms with E-state index in [1.165, 1.54) is 11.4 Å². The van der Waals surface area contributed by atoms with Crippen LogP contribution in [-0.4, -0.2) is 139 Å². The highest BCUT2D eigenvalue weighted by atomic mass is 32.2. The number of amides is 1. The summed E-state index contributed by atoms with van der Waals surface area (Å²) >= 11 is 0. The number of hydrogen-bond acceptors (Lipinski definition) is 19. The van der Waals surface area contributed by atoms with Crippen LogP contribution in [0.5, 0.6) is 23.0 Å². The van der Waals surface area contributed by atoms with Crippen molar-refractivity contribution in [2.75, 3.05) is 26.9 Å². The Kier molecular flexibility index (Phi) is 24.2. The van der Waals surface area contributed by atoms with E-state index in [4.69, 9.17) is 24.7 Å². The molecule has 6 aliphatic heterocycles. The molecule has 125 heavy (non-hydrogen) atoms. The average molecular weight is 1890 g/mol. The van der Waals surface area contributed by atoms with Crippen molar-refractivity contribution in [1.29, 1.82) is 0 Å². The predicted octanol–water partition coefficient (Wildman–Crippen LogP) is 12.3. The van der Waals surface area contributed by atoms with Gasteiger partial charge in [-0.1, -0.05) is 12.1 Å². The van der Waals surface area contributed by atoms with Gasteiger partial charge in [-0.15, -0.1) is 0 Å². The highest BCUT2D eigenvalue weighted by molar-refractivity contribution is 7.93. The summed E-state index contributed by atoms with van der Waals surface area (Å²) in [7, 11) is -25.0. The topological polar surface area (TPSA) is 367 Å². The number of benzene rings is 7. The van der Waals surface area contributed by atoms with Gasteiger partial charge in [-0.3, -0.25) is 9.59 Å². The second-order valence-corrected chi connectivity index (χ2v) is 44.9. The third-order valence-electron chi connectivity index (χ3n) is 25.8. The number of nitrogens with one attached hydrogen (secondary N) is 2. The van der Waals surface area contributed by atoms with E-state index in [1.807, 2.05) is 0 Å². The van der Waals surface area contributed by atoms with Crippen LogP contribution < -0.4 is 34.1 Å². The van der Waals surface area contributed by atoms with E-state index in [9.17, 15) is 118 Å². The van der Waals surface area contributed by atoms with Crippen molar-refractivity contribution in [1.82, 2.24) is 13.7 Å². The molecule has 0 radical (unpaired) electrons. The van der Waals surface area contributed by atoms with Crippen molar-refractivity contribution >= 4 is 77.7 Å². The summed E-state index contributed by atoms with van der Waals surface area (Å²) in [4.78, 5) is 33.0. The number of nitrogens with zero attached hydrogens (tertiary/aromatic N) is 1. The summed E-state index contributed by atoms with van der Waals surface area (Å²) in [5.41, 5.74) is 0.751. The van der Waals surface area contributed by atoms with E-state index < -0.39 is 319 Å². The van der Waals surface area contributed by atoms with Gasteiger partial charge in [0.2, 0.25) is 36.0 Å². The van der Waals surface area contributed by atoms with Gasteiger partial charge in [0.25, 0.3) is 0 Å². The van der Waals surface area contributed by atoms with Crippen LogP contribution >= 0.6 is 0 Å². The minimum Gasteiger partial charge on any atom is -0.497 e. The molecule has 0 bridgehead atoms. The van der Waals surface area contributed by atoms with Gasteiger partial charge in [0.05, 0.1) is 97.2 Å². The number of alkyl halides is 9. The van der Waals surface area contributed by atoms with Crippen LogP contribution in [-0.2, 0) is 113 Å². The molecule has 0 unspecified atom stereocenters. The lowest BCUT2D eigenvalue weighted by atomic mass is 9.64. The molecular formula is C80H75F15N4O20S6. The van der Waals surface area contributed by atoms with E-state index in [0.717, 1.165) is 72.8 Å². The number of carbonyl (C=O) groups excluding carboxylic acids is 2. The maximum atomic E-state index is 15.9. The number of ether oxygens (including phenoxy) is 4. The maximum absolute atomic E-state index is 15.9. The van der Waals surface area contributed by atoms with Gasteiger partial charge in [-0.2, -0.15) is 43.8 Å². The number of halogens is 15. The normalized spacial score (nSPS) is 28.8. The fraction of sp³-hybridized carbons (Fsp3) is 0.438. The monoisotopic (exact) mass is 1890 g/mol. The zero-order valence-corrected chi connectivity index (χ0v) is 69.8. The molecule has 15 atom stereocenters. The fourth-order valence-electron chi connectivity index (χ4n) is 20.3. The zero-order chi connectivity index (χ0) is 91.0. The highest BCUT2D eigenvalue weighted by Gasteiger charge is 2.69. The standard InChI is InChI=1S/C32H30F5NO7S2.C24H23F5N2O6S2.C24H22F5NO7S2/c1-44-21-6-2-19(3-7-21)17-38-28-12-14-31(46(40,41)22-8-4-20(5-9-22)32(35,36)37)25(24(28)16-23(13-15-39)47(38,42)43)18-45-30-27(34)11-10-26(33)29(30)31;25-17-5-6-18(26)22-21(17)23(38(33,34)13-3-1-12(2-4-13)24(27,28)29)8-7-19-15(16(23)11-37-22)9-14(10-20(30)32)39(35,36)31-19;25-17-5-6-18(26)22-21(17)23(38(33,34)13-3-1-12(2-4-13)24(27,28)29)8-7-19-15(16(23)11-37-22)9-14(10-20(31)32)39(35,36)30-19/h2-11,15,23-25,28H,12-14,16-18H2,1H3;1-6,14-16,19,31H,7-11H2,(H2,30,32);1-6,14-16,19,30H,7-11H2,(H,31,32)/t23-,24+,25+,28-,31+;2*14-,15-,16-,19+,23-/m100/s1. The van der Waals surface area contributed by atoms with Gasteiger partial charge in [0.15, 0.2) is 64.2 Å². The number of aldehydes is 1. The number of carboxylic acid groups (broad SMARTS) is 1. The lowest BCUT2D eigenvalue weighted by Gasteiger charge is -2.57. The Hall–Kier alpha value is -9.12. The Morgan fingerprint density at radius 1 is 0.488 bits per heavy atom. The van der Waals surface area contributed by atoms with E-state index in [0.29, 0.717) is 54.0 Å². The van der Waals surface area contributed by atoms with Crippen LogP contribution in [0.1, 0.15) is 116 Å². The Labute approximate surface area is 705 Å². The van der Waals surface area contributed by atoms with Gasteiger partial charge in [-0.05, 0) is 202 Å². The highest BCUT2D eigenvalue weighted by Crippen LogP contribution is 2.65. The molecule has 0 aromatic heterocycles. The number of methoxy groups -OCH3 is 1. The molecule has 9 aliphatic rings. The molecule has 0 spiro atoms. The van der Waals surface area contributed by atoms with Crippen LogP contribution in [0.4, 0.5) is 65.9 Å². The van der Waals surface area contributed by atoms with Crippen LogP contribution in [0.3, 0.4) is 0 Å². The van der Waals surface area contributed by atoms with E-state index >= 15 is 17.6 Å². The third-order valence-corrected chi connectivity index (χ3v) is 39.5. The molecule has 6 heterocycles. The number of carbonyl (C=O) groups is 3. The number of rotatable bonds is 15. The predicted molar refractivity (Wildman–Crippen MR) is 410 cm³/mol. The average Bonchev–Trinajstić information content (AvgIpc) is 0.692. The van der Waals surface area contributed by atoms with Crippen LogP contribution in [0.2, 0.25) is 0 Å². The smallest absolute Gasteiger partial charge is 0.416 e.